The Morgan fingerprint density at radius 1 is 1.18 bits per heavy atom. The Morgan fingerprint density at radius 3 is 2.24 bits per heavy atom. The molecule has 96 valence electrons. The van der Waals surface area contributed by atoms with E-state index in [-0.39, 0.29) is 6.16 Å². The van der Waals surface area contributed by atoms with E-state index in [1.165, 1.54) is 0 Å². The minimum Gasteiger partial charge on any atom is -0.309 e. The lowest BCUT2D eigenvalue weighted by molar-refractivity contribution is 0.219. The third-order valence-electron chi connectivity index (χ3n) is 2.03. The van der Waals surface area contributed by atoms with Gasteiger partial charge < -0.3 is 9.05 Å². The zero-order chi connectivity index (χ0) is 12.9. The maximum atomic E-state index is 12.3. The molecular formula is C11H15Cl2O3P. The van der Waals surface area contributed by atoms with E-state index in [1.54, 1.807) is 32.0 Å². The van der Waals surface area contributed by atoms with Gasteiger partial charge in [0.1, 0.15) is 0 Å². The fraction of sp³-hybridized carbons (Fsp3) is 0.455. The molecule has 0 radical (unpaired) electrons. The van der Waals surface area contributed by atoms with E-state index >= 15 is 0 Å². The van der Waals surface area contributed by atoms with E-state index < -0.39 is 7.60 Å². The van der Waals surface area contributed by atoms with Crippen LogP contribution in [0.5, 0.6) is 0 Å². The summed E-state index contributed by atoms with van der Waals surface area (Å²) < 4.78 is 22.7. The molecule has 1 aromatic carbocycles. The highest BCUT2D eigenvalue weighted by Crippen LogP contribution is 2.52. The van der Waals surface area contributed by atoms with Gasteiger partial charge in [0.2, 0.25) is 0 Å². The largest absolute Gasteiger partial charge is 0.335 e. The van der Waals surface area contributed by atoms with Crippen LogP contribution in [0.15, 0.2) is 18.2 Å². The average Bonchev–Trinajstić information content (AvgIpc) is 2.23. The first kappa shape index (κ1) is 15.0. The highest BCUT2D eigenvalue weighted by atomic mass is 35.5. The molecule has 0 unspecified atom stereocenters. The van der Waals surface area contributed by atoms with Crippen LogP contribution in [0, 0.1) is 0 Å². The van der Waals surface area contributed by atoms with E-state index in [0.717, 1.165) is 0 Å². The van der Waals surface area contributed by atoms with E-state index in [2.05, 4.69) is 0 Å². The van der Waals surface area contributed by atoms with E-state index in [9.17, 15) is 4.57 Å². The van der Waals surface area contributed by atoms with Crippen molar-refractivity contribution in [1.29, 1.82) is 0 Å². The van der Waals surface area contributed by atoms with Gasteiger partial charge in [0.25, 0.3) is 0 Å². The quantitative estimate of drug-likeness (QED) is 0.710. The van der Waals surface area contributed by atoms with Crippen molar-refractivity contribution in [3.63, 3.8) is 0 Å². The van der Waals surface area contributed by atoms with Crippen molar-refractivity contribution in [2.75, 3.05) is 13.2 Å². The SMILES string of the molecule is CCOP(=O)(Cc1ccc(Cl)cc1Cl)OCC. The third-order valence-corrected chi connectivity index (χ3v) is 4.65. The Hall–Kier alpha value is -0.0500. The van der Waals surface area contributed by atoms with Gasteiger partial charge in [0.15, 0.2) is 0 Å². The van der Waals surface area contributed by atoms with Gasteiger partial charge in [-0.2, -0.15) is 0 Å². The van der Waals surface area contributed by atoms with E-state index in [4.69, 9.17) is 32.2 Å². The maximum Gasteiger partial charge on any atom is 0.335 e. The summed E-state index contributed by atoms with van der Waals surface area (Å²) in [5, 5.41) is 1.01. The standard InChI is InChI=1S/C11H15Cl2O3P/c1-3-15-17(14,16-4-2)8-9-5-6-10(12)7-11(9)13/h5-7H,3-4,8H2,1-2H3. The lowest BCUT2D eigenvalue weighted by Crippen LogP contribution is -1.99. The average molecular weight is 297 g/mol. The number of halogens is 2. The van der Waals surface area contributed by atoms with E-state index in [1.807, 2.05) is 0 Å². The highest BCUT2D eigenvalue weighted by molar-refractivity contribution is 7.53. The number of hydrogen-bond donors (Lipinski definition) is 0. The van der Waals surface area contributed by atoms with E-state index in [0.29, 0.717) is 28.8 Å². The van der Waals surface area contributed by atoms with Crippen LogP contribution in [0.3, 0.4) is 0 Å². The second-order valence-electron chi connectivity index (χ2n) is 3.34. The van der Waals surface area contributed by atoms with Crippen molar-refractivity contribution < 1.29 is 13.6 Å². The van der Waals surface area contributed by atoms with Gasteiger partial charge in [-0.05, 0) is 31.5 Å². The predicted octanol–water partition coefficient (Wildman–Crippen LogP) is 4.76. The molecule has 0 saturated heterocycles. The van der Waals surface area contributed by atoms with Crippen LogP contribution in [0.4, 0.5) is 0 Å². The zero-order valence-corrected chi connectivity index (χ0v) is 12.2. The van der Waals surface area contributed by atoms with Crippen molar-refractivity contribution >= 4 is 30.8 Å². The zero-order valence-electron chi connectivity index (χ0n) is 9.78. The molecule has 0 fully saturated rings. The van der Waals surface area contributed by atoms with Crippen molar-refractivity contribution in [1.82, 2.24) is 0 Å². The summed E-state index contributed by atoms with van der Waals surface area (Å²) in [6, 6.07) is 5.04. The predicted molar refractivity (Wildman–Crippen MR) is 71.0 cm³/mol. The second kappa shape index (κ2) is 6.77. The summed E-state index contributed by atoms with van der Waals surface area (Å²) >= 11 is 11.8. The van der Waals surface area contributed by atoms with Crippen LogP contribution < -0.4 is 0 Å². The Kier molecular flexibility index (Phi) is 5.98. The summed E-state index contributed by atoms with van der Waals surface area (Å²) in [6.07, 6.45) is 0.157. The molecule has 1 rings (SSSR count). The number of rotatable bonds is 6. The van der Waals surface area contributed by atoms with Crippen molar-refractivity contribution in [3.8, 4) is 0 Å². The van der Waals surface area contributed by atoms with Crippen molar-refractivity contribution in [3.05, 3.63) is 33.8 Å². The van der Waals surface area contributed by atoms with Crippen molar-refractivity contribution in [2.24, 2.45) is 0 Å². The summed E-state index contributed by atoms with van der Waals surface area (Å²) in [5.41, 5.74) is 0.710. The number of hydrogen-bond acceptors (Lipinski definition) is 3. The Bertz CT molecular complexity index is 413. The van der Waals surface area contributed by atoms with Gasteiger partial charge in [0, 0.05) is 10.0 Å². The molecule has 1 aromatic rings. The summed E-state index contributed by atoms with van der Waals surface area (Å²) in [7, 11) is -3.11. The molecule has 0 N–H and O–H groups in total. The molecule has 0 spiro atoms. The maximum absolute atomic E-state index is 12.3. The molecule has 0 heterocycles. The first-order chi connectivity index (χ1) is 8.00. The Labute approximate surface area is 112 Å². The van der Waals surface area contributed by atoms with Gasteiger partial charge >= 0.3 is 7.60 Å². The molecule has 0 atom stereocenters. The highest BCUT2D eigenvalue weighted by Gasteiger charge is 2.25. The minimum atomic E-state index is -3.11. The van der Waals surface area contributed by atoms with Gasteiger partial charge in [-0.1, -0.05) is 29.3 Å². The minimum absolute atomic E-state index is 0.157. The molecular weight excluding hydrogens is 282 g/mol. The molecule has 0 aliphatic rings. The van der Waals surface area contributed by atoms with Crippen LogP contribution in [-0.4, -0.2) is 13.2 Å². The summed E-state index contributed by atoms with van der Waals surface area (Å²) in [4.78, 5) is 0. The molecule has 6 heteroatoms. The fourth-order valence-electron chi connectivity index (χ4n) is 1.38. The fourth-order valence-corrected chi connectivity index (χ4v) is 3.69. The van der Waals surface area contributed by atoms with Gasteiger partial charge in [-0.3, -0.25) is 4.57 Å². The normalized spacial score (nSPS) is 11.8. The van der Waals surface area contributed by atoms with Crippen LogP contribution in [0.1, 0.15) is 19.4 Å². The smallest absolute Gasteiger partial charge is 0.309 e. The molecule has 0 aliphatic heterocycles. The second-order valence-corrected chi connectivity index (χ2v) is 6.24. The van der Waals surface area contributed by atoms with Gasteiger partial charge in [-0.15, -0.1) is 0 Å². The van der Waals surface area contributed by atoms with Crippen LogP contribution in [-0.2, 0) is 19.8 Å². The molecule has 3 nitrogen and oxygen atoms in total. The lowest BCUT2D eigenvalue weighted by Gasteiger charge is -2.17. The summed E-state index contributed by atoms with van der Waals surface area (Å²) in [6.45, 7) is 4.22. The molecule has 17 heavy (non-hydrogen) atoms. The van der Waals surface area contributed by atoms with Gasteiger partial charge in [-0.25, -0.2) is 0 Å². The Morgan fingerprint density at radius 2 is 1.76 bits per heavy atom. The third kappa shape index (κ3) is 4.61. The van der Waals surface area contributed by atoms with Crippen molar-refractivity contribution in [2.45, 2.75) is 20.0 Å². The monoisotopic (exact) mass is 296 g/mol. The topological polar surface area (TPSA) is 35.5 Å². The summed E-state index contributed by atoms with van der Waals surface area (Å²) in [5.74, 6) is 0. The molecule has 0 bridgehead atoms. The van der Waals surface area contributed by atoms with Crippen LogP contribution in [0.2, 0.25) is 10.0 Å². The molecule has 0 aromatic heterocycles. The van der Waals surface area contributed by atoms with Crippen LogP contribution in [0.25, 0.3) is 0 Å². The Balaban J connectivity index is 2.89. The first-order valence-electron chi connectivity index (χ1n) is 5.33. The molecule has 0 aliphatic carbocycles. The first-order valence-corrected chi connectivity index (χ1v) is 7.81. The number of benzene rings is 1. The van der Waals surface area contributed by atoms with Crippen LogP contribution >= 0.6 is 30.8 Å². The molecule has 0 saturated carbocycles. The lowest BCUT2D eigenvalue weighted by atomic mass is 10.2. The molecule has 0 amide bonds. The van der Waals surface area contributed by atoms with Gasteiger partial charge in [0.05, 0.1) is 19.4 Å².